The number of anilines is 1. The topological polar surface area (TPSA) is 49.4 Å². The lowest BCUT2D eigenvalue weighted by Crippen LogP contribution is -2.33. The van der Waals surface area contributed by atoms with Gasteiger partial charge in [0.2, 0.25) is 11.8 Å². The highest BCUT2D eigenvalue weighted by molar-refractivity contribution is 6.03. The van der Waals surface area contributed by atoms with Gasteiger partial charge in [0.25, 0.3) is 0 Å². The van der Waals surface area contributed by atoms with Crippen molar-refractivity contribution < 1.29 is 9.59 Å². The predicted molar refractivity (Wildman–Crippen MR) is 86.3 cm³/mol. The van der Waals surface area contributed by atoms with Gasteiger partial charge in [-0.05, 0) is 30.9 Å². The number of benzene rings is 1. The molecule has 0 spiro atoms. The number of hydrogen-bond donors (Lipinski definition) is 1. The number of para-hydroxylation sites is 1. The second-order valence-electron chi connectivity index (χ2n) is 6.09. The molecule has 0 radical (unpaired) electrons. The molecule has 0 saturated heterocycles. The molecule has 1 rings (SSSR count). The average molecular weight is 290 g/mol. The van der Waals surface area contributed by atoms with E-state index in [2.05, 4.69) is 26.1 Å². The van der Waals surface area contributed by atoms with Crippen LogP contribution in [0.1, 0.15) is 46.6 Å². The van der Waals surface area contributed by atoms with E-state index in [-0.39, 0.29) is 23.7 Å². The van der Waals surface area contributed by atoms with Crippen LogP contribution in [0.2, 0.25) is 0 Å². The van der Waals surface area contributed by atoms with Gasteiger partial charge in [-0.1, -0.05) is 39.0 Å². The van der Waals surface area contributed by atoms with Crippen LogP contribution < -0.4 is 5.32 Å². The van der Waals surface area contributed by atoms with Crippen LogP contribution in [-0.4, -0.2) is 29.8 Å². The van der Waals surface area contributed by atoms with Crippen molar-refractivity contribution in [2.24, 2.45) is 0 Å². The lowest BCUT2D eigenvalue weighted by atomic mass is 9.86. The lowest BCUT2D eigenvalue weighted by molar-refractivity contribution is -0.134. The molecule has 116 valence electrons. The molecule has 1 N–H and O–H groups in total. The minimum atomic E-state index is -0.261. The Bertz CT molecular complexity index is 500. The van der Waals surface area contributed by atoms with Crippen LogP contribution in [0.4, 0.5) is 5.69 Å². The van der Waals surface area contributed by atoms with E-state index in [0.29, 0.717) is 13.1 Å². The smallest absolute Gasteiger partial charge is 0.233 e. The Hall–Kier alpha value is -1.84. The van der Waals surface area contributed by atoms with Crippen LogP contribution in [0.5, 0.6) is 0 Å². The van der Waals surface area contributed by atoms with Crippen molar-refractivity contribution in [2.75, 3.05) is 18.4 Å². The molecule has 0 aliphatic heterocycles. The fourth-order valence-corrected chi connectivity index (χ4v) is 2.27. The molecule has 0 aromatic heterocycles. The molecule has 0 aliphatic rings. The van der Waals surface area contributed by atoms with E-state index < -0.39 is 0 Å². The van der Waals surface area contributed by atoms with Crippen molar-refractivity contribution in [2.45, 2.75) is 46.5 Å². The predicted octanol–water partition coefficient (Wildman–Crippen LogP) is 3.18. The van der Waals surface area contributed by atoms with Crippen LogP contribution in [0.15, 0.2) is 24.3 Å². The van der Waals surface area contributed by atoms with Crippen LogP contribution in [0.3, 0.4) is 0 Å². The summed E-state index contributed by atoms with van der Waals surface area (Å²) in [5.74, 6) is -0.394. The van der Waals surface area contributed by atoms with Crippen molar-refractivity contribution in [3.8, 4) is 0 Å². The maximum Gasteiger partial charge on any atom is 0.233 e. The van der Waals surface area contributed by atoms with Gasteiger partial charge in [0.05, 0.1) is 0 Å². The molecule has 0 atom stereocenters. The van der Waals surface area contributed by atoms with E-state index in [1.165, 1.54) is 0 Å². The number of carbonyl (C=O) groups excluding carboxylic acids is 2. The van der Waals surface area contributed by atoms with Crippen molar-refractivity contribution in [1.29, 1.82) is 0 Å². The zero-order valence-corrected chi connectivity index (χ0v) is 13.7. The van der Waals surface area contributed by atoms with Crippen LogP contribution in [0, 0.1) is 0 Å². The van der Waals surface area contributed by atoms with Crippen LogP contribution >= 0.6 is 0 Å². The number of nitrogens with zero attached hydrogens (tertiary/aromatic N) is 1. The van der Waals surface area contributed by atoms with E-state index in [4.69, 9.17) is 0 Å². The maximum atomic E-state index is 12.1. The highest BCUT2D eigenvalue weighted by Gasteiger charge is 2.20. The quantitative estimate of drug-likeness (QED) is 0.847. The van der Waals surface area contributed by atoms with Gasteiger partial charge in [0.15, 0.2) is 0 Å². The van der Waals surface area contributed by atoms with Gasteiger partial charge >= 0.3 is 0 Å². The summed E-state index contributed by atoms with van der Waals surface area (Å²) in [5.41, 5.74) is 1.78. The van der Waals surface area contributed by atoms with Gasteiger partial charge in [-0.15, -0.1) is 0 Å². The molecule has 0 fully saturated rings. The largest absolute Gasteiger partial charge is 0.343 e. The fraction of sp³-hybridized carbons (Fsp3) is 0.529. The molecule has 1 aromatic rings. The summed E-state index contributed by atoms with van der Waals surface area (Å²) in [5, 5.41) is 2.86. The molecule has 4 heteroatoms. The third-order valence-electron chi connectivity index (χ3n) is 3.44. The molecule has 4 nitrogen and oxygen atoms in total. The van der Waals surface area contributed by atoms with Crippen LogP contribution in [-0.2, 0) is 15.0 Å². The Morgan fingerprint density at radius 3 is 2.19 bits per heavy atom. The monoisotopic (exact) mass is 290 g/mol. The van der Waals surface area contributed by atoms with Crippen molar-refractivity contribution in [3.63, 3.8) is 0 Å². The molecule has 2 amide bonds. The summed E-state index contributed by atoms with van der Waals surface area (Å²) >= 11 is 0. The first kappa shape index (κ1) is 17.2. The van der Waals surface area contributed by atoms with E-state index >= 15 is 0 Å². The molecular weight excluding hydrogens is 264 g/mol. The third kappa shape index (κ3) is 4.88. The molecule has 0 bridgehead atoms. The van der Waals surface area contributed by atoms with Gasteiger partial charge in [-0.25, -0.2) is 0 Å². The van der Waals surface area contributed by atoms with E-state index in [0.717, 1.165) is 11.3 Å². The minimum absolute atomic E-state index is 0.0627. The molecular formula is C17H26N2O2. The summed E-state index contributed by atoms with van der Waals surface area (Å²) < 4.78 is 0. The lowest BCUT2D eigenvalue weighted by Gasteiger charge is -2.23. The SMILES string of the molecule is CCN(CC)C(=O)CC(=O)Nc1ccccc1C(C)(C)C. The fourth-order valence-electron chi connectivity index (χ4n) is 2.27. The first-order valence-corrected chi connectivity index (χ1v) is 7.46. The summed E-state index contributed by atoms with van der Waals surface area (Å²) in [6.07, 6.45) is -0.111. The van der Waals surface area contributed by atoms with Crippen molar-refractivity contribution >= 4 is 17.5 Å². The summed E-state index contributed by atoms with van der Waals surface area (Å²) in [6.45, 7) is 11.4. The second kappa shape index (κ2) is 7.25. The van der Waals surface area contributed by atoms with Gasteiger partial charge < -0.3 is 10.2 Å². The van der Waals surface area contributed by atoms with Crippen molar-refractivity contribution in [1.82, 2.24) is 4.90 Å². The maximum absolute atomic E-state index is 12.1. The highest BCUT2D eigenvalue weighted by Crippen LogP contribution is 2.29. The molecule has 21 heavy (non-hydrogen) atoms. The Kier molecular flexibility index (Phi) is 5.94. The first-order valence-electron chi connectivity index (χ1n) is 7.46. The second-order valence-corrected chi connectivity index (χ2v) is 6.09. The van der Waals surface area contributed by atoms with Gasteiger partial charge in [-0.2, -0.15) is 0 Å². The first-order chi connectivity index (χ1) is 9.79. The Labute approximate surface area is 127 Å². The van der Waals surface area contributed by atoms with Gasteiger partial charge in [-0.3, -0.25) is 9.59 Å². The molecule has 0 aliphatic carbocycles. The summed E-state index contributed by atoms with van der Waals surface area (Å²) in [7, 11) is 0. The zero-order valence-electron chi connectivity index (χ0n) is 13.7. The Balaban J connectivity index is 2.79. The molecule has 0 saturated carbocycles. The number of rotatable bonds is 5. The molecule has 0 heterocycles. The van der Waals surface area contributed by atoms with E-state index in [1.807, 2.05) is 38.1 Å². The zero-order chi connectivity index (χ0) is 16.0. The standard InChI is InChI=1S/C17H26N2O2/c1-6-19(7-2)16(21)12-15(20)18-14-11-9-8-10-13(14)17(3,4)5/h8-11H,6-7,12H2,1-5H3,(H,18,20). The normalized spacial score (nSPS) is 11.1. The third-order valence-corrected chi connectivity index (χ3v) is 3.44. The molecule has 0 unspecified atom stereocenters. The Morgan fingerprint density at radius 2 is 1.67 bits per heavy atom. The van der Waals surface area contributed by atoms with Gasteiger partial charge in [0, 0.05) is 18.8 Å². The van der Waals surface area contributed by atoms with Gasteiger partial charge in [0.1, 0.15) is 6.42 Å². The number of amides is 2. The van der Waals surface area contributed by atoms with E-state index in [1.54, 1.807) is 4.90 Å². The molecule has 1 aromatic carbocycles. The van der Waals surface area contributed by atoms with E-state index in [9.17, 15) is 9.59 Å². The van der Waals surface area contributed by atoms with Crippen molar-refractivity contribution in [3.05, 3.63) is 29.8 Å². The van der Waals surface area contributed by atoms with Crippen LogP contribution in [0.25, 0.3) is 0 Å². The highest BCUT2D eigenvalue weighted by atomic mass is 16.2. The number of hydrogen-bond acceptors (Lipinski definition) is 2. The Morgan fingerprint density at radius 1 is 1.10 bits per heavy atom. The average Bonchev–Trinajstić information content (AvgIpc) is 2.39. The minimum Gasteiger partial charge on any atom is -0.343 e. The number of nitrogens with one attached hydrogen (secondary N) is 1. The number of carbonyl (C=O) groups is 2. The summed E-state index contributed by atoms with van der Waals surface area (Å²) in [6, 6.07) is 7.72. The summed E-state index contributed by atoms with van der Waals surface area (Å²) in [4.78, 5) is 25.7.